The van der Waals surface area contributed by atoms with Crippen molar-refractivity contribution >= 4 is 9.53 Å². The summed E-state index contributed by atoms with van der Waals surface area (Å²) in [5.41, 5.74) is 0. The molecule has 4 nitrogen and oxygen atoms in total. The minimum absolute atomic E-state index is 0.677. The molecule has 0 aromatic heterocycles. The van der Waals surface area contributed by atoms with Crippen LogP contribution >= 0.6 is 0 Å². The molecule has 0 aliphatic heterocycles. The van der Waals surface area contributed by atoms with Crippen LogP contribution in [0.3, 0.4) is 0 Å². The Balaban J connectivity index is 0. The lowest BCUT2D eigenvalue weighted by Gasteiger charge is -2.12. The summed E-state index contributed by atoms with van der Waals surface area (Å²) in [6.07, 6.45) is 0. The van der Waals surface area contributed by atoms with E-state index in [-0.39, 0.29) is 0 Å². The van der Waals surface area contributed by atoms with Crippen LogP contribution in [0.25, 0.3) is 0 Å². The lowest BCUT2D eigenvalue weighted by Crippen LogP contribution is -2.27. The molecule has 0 aromatic carbocycles. The van der Waals surface area contributed by atoms with Crippen molar-refractivity contribution in [2.75, 3.05) is 32.9 Å². The summed E-state index contributed by atoms with van der Waals surface area (Å²) in [5, 5.41) is 3.11. The van der Waals surface area contributed by atoms with E-state index in [1.165, 1.54) is 0 Å². The first-order chi connectivity index (χ1) is 7.26. The van der Waals surface area contributed by atoms with Crippen molar-refractivity contribution in [3.05, 3.63) is 0 Å². The number of hydrogen-bond acceptors (Lipinski definition) is 4. The van der Waals surface area contributed by atoms with Gasteiger partial charge in [-0.2, -0.15) is 0 Å². The minimum Gasteiger partial charge on any atom is -0.376 e. The Kier molecular flexibility index (Phi) is 19.2. The average Bonchev–Trinajstić information content (AvgIpc) is 2.21. The van der Waals surface area contributed by atoms with Crippen LogP contribution in [0.2, 0.25) is 0 Å². The molecule has 0 amide bonds. The van der Waals surface area contributed by atoms with E-state index in [0.717, 1.165) is 13.1 Å². The summed E-state index contributed by atoms with van der Waals surface area (Å²) in [5.74, 6) is 0. The van der Waals surface area contributed by atoms with Crippen LogP contribution in [0.5, 0.6) is 0 Å². The van der Waals surface area contributed by atoms with Gasteiger partial charge in [-0.05, 0) is 33.9 Å². The van der Waals surface area contributed by atoms with Crippen LogP contribution in [0.1, 0.15) is 34.6 Å². The van der Waals surface area contributed by atoms with Crippen LogP contribution in [0, 0.1) is 0 Å². The zero-order valence-electron chi connectivity index (χ0n) is 10.8. The Morgan fingerprint density at radius 1 is 0.733 bits per heavy atom. The topological polar surface area (TPSA) is 39.7 Å². The third kappa shape index (κ3) is 16.7. The maximum atomic E-state index is 5.22. The van der Waals surface area contributed by atoms with Gasteiger partial charge in [-0.15, -0.1) is 0 Å². The van der Waals surface area contributed by atoms with Crippen molar-refractivity contribution in [2.24, 2.45) is 0 Å². The van der Waals surface area contributed by atoms with Gasteiger partial charge in [0.15, 0.2) is 0 Å². The van der Waals surface area contributed by atoms with E-state index in [2.05, 4.69) is 19.2 Å². The largest absolute Gasteiger partial charge is 0.484 e. The van der Waals surface area contributed by atoms with Crippen LogP contribution in [-0.4, -0.2) is 42.4 Å². The minimum atomic E-state index is -1.73. The Bertz CT molecular complexity index is 90.4. The molecule has 5 heteroatoms. The fraction of sp³-hybridized carbons (Fsp3) is 1.00. The highest BCUT2D eigenvalue weighted by molar-refractivity contribution is 6.36. The highest BCUT2D eigenvalue weighted by Crippen LogP contribution is 1.90. The van der Waals surface area contributed by atoms with Crippen LogP contribution < -0.4 is 5.32 Å². The van der Waals surface area contributed by atoms with Crippen molar-refractivity contribution in [2.45, 2.75) is 34.6 Å². The van der Waals surface area contributed by atoms with E-state index in [9.17, 15) is 0 Å². The first-order valence-corrected chi connectivity index (χ1v) is 7.23. The first kappa shape index (κ1) is 17.5. The van der Waals surface area contributed by atoms with Gasteiger partial charge in [0, 0.05) is 19.8 Å². The summed E-state index contributed by atoms with van der Waals surface area (Å²) < 4.78 is 15.7. The van der Waals surface area contributed by atoms with Gasteiger partial charge >= 0.3 is 9.53 Å². The second kappa shape index (κ2) is 16.5. The average molecular weight is 237 g/mol. The fourth-order valence-electron chi connectivity index (χ4n) is 0.803. The predicted molar refractivity (Wildman–Crippen MR) is 66.2 cm³/mol. The fourth-order valence-corrected chi connectivity index (χ4v) is 1.91. The summed E-state index contributed by atoms with van der Waals surface area (Å²) in [6, 6.07) is 0. The standard InChI is InChI=1S/C6H16O3Si.C4H11N/c1-4-7-10(8-5-2)9-6-3;1-3-5-4-2/h10H,4-6H2,1-3H3;5H,3-4H2,1-2H3. The van der Waals surface area contributed by atoms with Crippen molar-refractivity contribution in [1.82, 2.24) is 5.32 Å². The maximum Gasteiger partial charge on any atom is 0.484 e. The molecular formula is C10H27NO3Si. The highest BCUT2D eigenvalue weighted by atomic mass is 28.3. The van der Waals surface area contributed by atoms with Gasteiger partial charge in [0.2, 0.25) is 0 Å². The smallest absolute Gasteiger partial charge is 0.376 e. The van der Waals surface area contributed by atoms with Gasteiger partial charge in [0.1, 0.15) is 0 Å². The van der Waals surface area contributed by atoms with Crippen LogP contribution in [-0.2, 0) is 13.3 Å². The molecule has 0 saturated heterocycles. The van der Waals surface area contributed by atoms with Crippen molar-refractivity contribution in [3.63, 3.8) is 0 Å². The molecule has 15 heavy (non-hydrogen) atoms. The molecule has 0 rings (SSSR count). The van der Waals surface area contributed by atoms with Crippen LogP contribution in [0.4, 0.5) is 0 Å². The second-order valence-electron chi connectivity index (χ2n) is 2.61. The number of hydrogen-bond donors (Lipinski definition) is 1. The zero-order valence-corrected chi connectivity index (χ0v) is 12.0. The van der Waals surface area contributed by atoms with Gasteiger partial charge in [0.05, 0.1) is 0 Å². The normalized spacial score (nSPS) is 10.0. The Morgan fingerprint density at radius 2 is 1.07 bits per heavy atom. The Morgan fingerprint density at radius 3 is 1.20 bits per heavy atom. The monoisotopic (exact) mass is 237 g/mol. The molecule has 0 radical (unpaired) electrons. The SMILES string of the molecule is CCNCC.CCO[SiH](OCC)OCC. The molecule has 0 saturated carbocycles. The molecule has 0 atom stereocenters. The predicted octanol–water partition coefficient (Wildman–Crippen LogP) is 1.43. The Labute approximate surface area is 96.3 Å². The van der Waals surface area contributed by atoms with Gasteiger partial charge in [-0.1, -0.05) is 13.8 Å². The second-order valence-corrected chi connectivity index (χ2v) is 4.19. The molecule has 0 aliphatic carbocycles. The summed E-state index contributed by atoms with van der Waals surface area (Å²) in [4.78, 5) is 0. The molecule has 0 bridgehead atoms. The third-order valence-electron chi connectivity index (χ3n) is 1.41. The lowest BCUT2D eigenvalue weighted by molar-refractivity contribution is 0.107. The van der Waals surface area contributed by atoms with E-state index in [4.69, 9.17) is 13.3 Å². The van der Waals surface area contributed by atoms with Crippen LogP contribution in [0.15, 0.2) is 0 Å². The Hall–Kier alpha value is 0.0569. The van der Waals surface area contributed by atoms with Crippen molar-refractivity contribution in [3.8, 4) is 0 Å². The molecule has 0 fully saturated rings. The lowest BCUT2D eigenvalue weighted by atomic mass is 10.7. The van der Waals surface area contributed by atoms with Crippen molar-refractivity contribution < 1.29 is 13.3 Å². The quantitative estimate of drug-likeness (QED) is 0.648. The summed E-state index contributed by atoms with van der Waals surface area (Å²) >= 11 is 0. The number of rotatable bonds is 8. The van der Waals surface area contributed by atoms with Gasteiger partial charge in [-0.3, -0.25) is 0 Å². The molecule has 0 heterocycles. The molecular weight excluding hydrogens is 210 g/mol. The van der Waals surface area contributed by atoms with E-state index in [0.29, 0.717) is 19.8 Å². The van der Waals surface area contributed by atoms with Gasteiger partial charge < -0.3 is 18.6 Å². The zero-order chi connectivity index (χ0) is 11.9. The van der Waals surface area contributed by atoms with Gasteiger partial charge in [-0.25, -0.2) is 0 Å². The molecule has 0 spiro atoms. The van der Waals surface area contributed by atoms with E-state index in [1.807, 2.05) is 20.8 Å². The summed E-state index contributed by atoms with van der Waals surface area (Å²) in [6.45, 7) is 14.2. The molecule has 0 aromatic rings. The molecule has 94 valence electrons. The highest BCUT2D eigenvalue weighted by Gasteiger charge is 2.11. The van der Waals surface area contributed by atoms with E-state index >= 15 is 0 Å². The molecule has 0 aliphatic rings. The van der Waals surface area contributed by atoms with E-state index < -0.39 is 9.53 Å². The molecule has 0 unspecified atom stereocenters. The summed E-state index contributed by atoms with van der Waals surface area (Å²) in [7, 11) is -1.73. The first-order valence-electron chi connectivity index (χ1n) is 5.82. The maximum absolute atomic E-state index is 5.22. The molecule has 1 N–H and O–H groups in total. The van der Waals surface area contributed by atoms with E-state index in [1.54, 1.807) is 0 Å². The number of nitrogens with one attached hydrogen (secondary N) is 1. The van der Waals surface area contributed by atoms with Gasteiger partial charge in [0.25, 0.3) is 0 Å². The van der Waals surface area contributed by atoms with Crippen molar-refractivity contribution in [1.29, 1.82) is 0 Å². The third-order valence-corrected chi connectivity index (χ3v) is 3.22.